The van der Waals surface area contributed by atoms with E-state index in [-0.39, 0.29) is 30.3 Å². The lowest BCUT2D eigenvalue weighted by atomic mass is 9.76. The molecule has 0 spiro atoms. The minimum atomic E-state index is -0.651. The van der Waals surface area contributed by atoms with E-state index in [2.05, 4.69) is 10.3 Å². The average Bonchev–Trinajstić information content (AvgIpc) is 2.87. The second kappa shape index (κ2) is 10.9. The van der Waals surface area contributed by atoms with Crippen molar-refractivity contribution >= 4 is 28.9 Å². The summed E-state index contributed by atoms with van der Waals surface area (Å²) in [5.74, 6) is -1.04. The largest absolute Gasteiger partial charge is 0.461 e. The van der Waals surface area contributed by atoms with E-state index >= 15 is 0 Å². The monoisotopic (exact) mass is 469 g/mol. The molecule has 178 valence electrons. The van der Waals surface area contributed by atoms with Gasteiger partial charge in [0.25, 0.3) is 5.69 Å². The Bertz CT molecular complexity index is 1260. The summed E-state index contributed by atoms with van der Waals surface area (Å²) in [5, 5.41) is 15.0. The molecule has 3 aromatic rings. The molecule has 3 unspecified atom stereocenters. The fourth-order valence-corrected chi connectivity index (χ4v) is 4.57. The number of rotatable bonds is 7. The lowest BCUT2D eigenvalue weighted by Gasteiger charge is -2.37. The van der Waals surface area contributed by atoms with Gasteiger partial charge in [-0.05, 0) is 59.9 Å². The van der Waals surface area contributed by atoms with E-state index < -0.39 is 10.8 Å². The van der Waals surface area contributed by atoms with Crippen molar-refractivity contribution in [3.8, 4) is 0 Å². The van der Waals surface area contributed by atoms with E-state index in [0.29, 0.717) is 5.56 Å². The Kier molecular flexibility index (Phi) is 7.48. The number of nitrogens with zero attached hydrogens (tertiary/aromatic N) is 2. The van der Waals surface area contributed by atoms with Gasteiger partial charge in [-0.3, -0.25) is 19.9 Å². The zero-order chi connectivity index (χ0) is 24.8. The number of ether oxygens (including phenoxy) is 1. The molecule has 1 N–H and O–H groups in total. The highest BCUT2D eigenvalue weighted by molar-refractivity contribution is 6.03. The first-order chi connectivity index (χ1) is 17.0. The van der Waals surface area contributed by atoms with E-state index in [0.717, 1.165) is 22.3 Å². The predicted molar refractivity (Wildman–Crippen MR) is 136 cm³/mol. The lowest BCUT2D eigenvalue weighted by molar-refractivity contribution is -0.384. The fraction of sp³-hybridized carbons (Fsp3) is 0.214. The van der Waals surface area contributed by atoms with Gasteiger partial charge in [-0.25, -0.2) is 0 Å². The highest BCUT2D eigenvalue weighted by Gasteiger charge is 2.39. The molecule has 0 fully saturated rings. The second-order valence-corrected chi connectivity index (χ2v) is 8.47. The van der Waals surface area contributed by atoms with Crippen LogP contribution in [0.4, 0.5) is 5.69 Å². The zero-order valence-electron chi connectivity index (χ0n) is 19.6. The van der Waals surface area contributed by atoms with Gasteiger partial charge in [-0.2, -0.15) is 0 Å². The summed E-state index contributed by atoms with van der Waals surface area (Å²) in [4.78, 5) is 28.6. The van der Waals surface area contributed by atoms with E-state index in [1.165, 1.54) is 12.1 Å². The Morgan fingerprint density at radius 2 is 1.77 bits per heavy atom. The number of non-ortho nitro benzene ring substituents is 1. The number of pyridine rings is 1. The van der Waals surface area contributed by atoms with Gasteiger partial charge >= 0.3 is 5.97 Å². The van der Waals surface area contributed by atoms with E-state index in [1.807, 2.05) is 68.5 Å². The van der Waals surface area contributed by atoms with Crippen LogP contribution in [0, 0.1) is 16.0 Å². The highest BCUT2D eigenvalue weighted by atomic mass is 16.6. The van der Waals surface area contributed by atoms with Crippen LogP contribution in [0.25, 0.3) is 17.2 Å². The predicted octanol–water partition coefficient (Wildman–Crippen LogP) is 5.15. The number of hydrogen-bond donors (Lipinski definition) is 1. The maximum atomic E-state index is 13.4. The smallest absolute Gasteiger partial charge is 0.315 e. The molecule has 3 atom stereocenters. The first kappa shape index (κ1) is 24.0. The van der Waals surface area contributed by atoms with Crippen molar-refractivity contribution < 1.29 is 14.5 Å². The molecular formula is C28H27N3O4. The van der Waals surface area contributed by atoms with Crippen LogP contribution in [0.15, 0.2) is 85.2 Å². The van der Waals surface area contributed by atoms with Crippen molar-refractivity contribution in [2.45, 2.75) is 25.9 Å². The van der Waals surface area contributed by atoms with Gasteiger partial charge in [0.2, 0.25) is 0 Å². The van der Waals surface area contributed by atoms with Gasteiger partial charge < -0.3 is 10.1 Å². The molecular weight excluding hydrogens is 442 g/mol. The second-order valence-electron chi connectivity index (χ2n) is 8.47. The summed E-state index contributed by atoms with van der Waals surface area (Å²) < 4.78 is 5.68. The number of esters is 1. The molecule has 2 aromatic carbocycles. The Hall–Kier alpha value is -4.10. The summed E-state index contributed by atoms with van der Waals surface area (Å²) in [7, 11) is 0. The quantitative estimate of drug-likeness (QED) is 0.292. The van der Waals surface area contributed by atoms with Crippen LogP contribution in [-0.2, 0) is 9.53 Å². The van der Waals surface area contributed by atoms with E-state index in [9.17, 15) is 14.9 Å². The van der Waals surface area contributed by atoms with Crippen molar-refractivity contribution in [2.75, 3.05) is 6.61 Å². The topological polar surface area (TPSA) is 94.4 Å². The normalized spacial score (nSPS) is 20.1. The molecule has 0 aliphatic carbocycles. The Balaban J connectivity index is 1.73. The molecule has 1 aromatic heterocycles. The van der Waals surface area contributed by atoms with Crippen molar-refractivity contribution in [3.05, 3.63) is 112 Å². The first-order valence-electron chi connectivity index (χ1n) is 11.5. The minimum Gasteiger partial charge on any atom is -0.461 e. The van der Waals surface area contributed by atoms with Gasteiger partial charge in [0.1, 0.15) is 6.61 Å². The number of aromatic nitrogens is 1. The first-order valence-corrected chi connectivity index (χ1v) is 11.5. The molecule has 0 bridgehead atoms. The Labute approximate surface area is 204 Å². The van der Waals surface area contributed by atoms with Crippen molar-refractivity contribution in [3.63, 3.8) is 0 Å². The third kappa shape index (κ3) is 5.53. The number of benzene rings is 2. The van der Waals surface area contributed by atoms with Crippen LogP contribution in [0.2, 0.25) is 0 Å². The SMILES string of the molecule is CC1NC(C)C(C(=O)OC/C=C/c2ccccc2)C(c2cccc([N+](=O)[O-])c2)=C1c1ccncc1. The van der Waals surface area contributed by atoms with Crippen LogP contribution in [-0.4, -0.2) is 34.6 Å². The molecule has 2 heterocycles. The molecule has 0 saturated heterocycles. The third-order valence-corrected chi connectivity index (χ3v) is 6.09. The summed E-state index contributed by atoms with van der Waals surface area (Å²) >= 11 is 0. The van der Waals surface area contributed by atoms with Crippen LogP contribution < -0.4 is 5.32 Å². The van der Waals surface area contributed by atoms with Crippen LogP contribution in [0.3, 0.4) is 0 Å². The molecule has 0 amide bonds. The molecule has 4 rings (SSSR count). The van der Waals surface area contributed by atoms with Gasteiger partial charge in [0.15, 0.2) is 0 Å². The summed E-state index contributed by atoms with van der Waals surface area (Å²) in [6, 6.07) is 19.6. The van der Waals surface area contributed by atoms with Crippen molar-refractivity contribution in [2.24, 2.45) is 5.92 Å². The Morgan fingerprint density at radius 1 is 1.03 bits per heavy atom. The van der Waals surface area contributed by atoms with Crippen LogP contribution in [0.5, 0.6) is 0 Å². The number of nitro groups is 1. The van der Waals surface area contributed by atoms with E-state index in [4.69, 9.17) is 4.74 Å². The van der Waals surface area contributed by atoms with Crippen molar-refractivity contribution in [1.29, 1.82) is 0 Å². The fourth-order valence-electron chi connectivity index (χ4n) is 4.57. The number of carbonyl (C=O) groups excluding carboxylic acids is 1. The maximum Gasteiger partial charge on any atom is 0.315 e. The third-order valence-electron chi connectivity index (χ3n) is 6.09. The van der Waals surface area contributed by atoms with E-state index in [1.54, 1.807) is 24.5 Å². The number of hydrogen-bond acceptors (Lipinski definition) is 6. The molecule has 1 aliphatic rings. The Morgan fingerprint density at radius 3 is 2.49 bits per heavy atom. The standard InChI is InChI=1S/C28H27N3O4/c1-19-25(22-13-15-29-16-14-22)27(23-11-6-12-24(18-23)31(33)34)26(20(2)30-19)28(32)35-17-7-10-21-8-4-3-5-9-21/h3-16,18-20,26,30H,17H2,1-2H3/b10-7+. The molecule has 0 radical (unpaired) electrons. The zero-order valence-corrected chi connectivity index (χ0v) is 19.6. The van der Waals surface area contributed by atoms with Gasteiger partial charge in [-0.15, -0.1) is 0 Å². The molecule has 35 heavy (non-hydrogen) atoms. The molecule has 1 aliphatic heterocycles. The minimum absolute atomic E-state index is 0.0270. The highest BCUT2D eigenvalue weighted by Crippen LogP contribution is 2.41. The van der Waals surface area contributed by atoms with Crippen molar-refractivity contribution in [1.82, 2.24) is 10.3 Å². The average molecular weight is 470 g/mol. The number of nitrogens with one attached hydrogen (secondary N) is 1. The van der Waals surface area contributed by atoms with Crippen LogP contribution in [0.1, 0.15) is 30.5 Å². The molecule has 7 heteroatoms. The lowest BCUT2D eigenvalue weighted by Crippen LogP contribution is -2.48. The van der Waals surface area contributed by atoms with Crippen LogP contribution >= 0.6 is 0 Å². The molecule has 0 saturated carbocycles. The van der Waals surface area contributed by atoms with Gasteiger partial charge in [-0.1, -0.05) is 48.5 Å². The maximum absolute atomic E-state index is 13.4. The number of nitro benzene ring substituents is 1. The van der Waals surface area contributed by atoms with Gasteiger partial charge in [0, 0.05) is 36.6 Å². The number of carbonyl (C=O) groups is 1. The summed E-state index contributed by atoms with van der Waals surface area (Å²) in [6.45, 7) is 4.08. The summed E-state index contributed by atoms with van der Waals surface area (Å²) in [6.07, 6.45) is 7.09. The molecule has 7 nitrogen and oxygen atoms in total. The summed E-state index contributed by atoms with van der Waals surface area (Å²) in [5.41, 5.74) is 4.15. The van der Waals surface area contributed by atoms with Gasteiger partial charge in [0.05, 0.1) is 10.8 Å².